The number of hydrogen-bond donors (Lipinski definition) is 2. The molecule has 0 aliphatic carbocycles. The third kappa shape index (κ3) is 6.20. The monoisotopic (exact) mass is 470 g/mol. The van der Waals surface area contributed by atoms with Crippen molar-refractivity contribution in [2.45, 2.75) is 26.3 Å². The van der Waals surface area contributed by atoms with Crippen LogP contribution in [0.3, 0.4) is 0 Å². The first-order chi connectivity index (χ1) is 17.0. The Morgan fingerprint density at radius 1 is 1.14 bits per heavy atom. The maximum absolute atomic E-state index is 12.5. The van der Waals surface area contributed by atoms with Crippen molar-refractivity contribution >= 4 is 27.7 Å². The smallest absolute Gasteiger partial charge is 0.165 e. The van der Waals surface area contributed by atoms with Gasteiger partial charge >= 0.3 is 0 Å². The lowest BCUT2D eigenvalue weighted by Gasteiger charge is -2.32. The van der Waals surface area contributed by atoms with E-state index in [0.717, 1.165) is 77.9 Å². The van der Waals surface area contributed by atoms with Crippen LogP contribution >= 0.6 is 0 Å². The zero-order chi connectivity index (χ0) is 24.8. The Bertz CT molecular complexity index is 1340. The molecule has 3 heterocycles. The lowest BCUT2D eigenvalue weighted by molar-refractivity contribution is 0.0969. The maximum atomic E-state index is 12.5. The number of carbonyl (C=O) groups excluding carboxylic acids is 1. The molecule has 6 heteroatoms. The number of Topliss-reactive ketones (excluding diaryl/α,β-unsaturated/α-hetero) is 1. The van der Waals surface area contributed by atoms with Crippen molar-refractivity contribution < 1.29 is 9.21 Å². The van der Waals surface area contributed by atoms with Crippen LogP contribution in [-0.4, -0.2) is 60.3 Å². The van der Waals surface area contributed by atoms with Crippen LogP contribution in [0.2, 0.25) is 0 Å². The largest absolute Gasteiger partial charge is 0.460 e. The van der Waals surface area contributed by atoms with Crippen LogP contribution in [-0.2, 0) is 6.54 Å². The zero-order valence-electron chi connectivity index (χ0n) is 20.6. The number of H-pyrrole nitrogens is 1. The summed E-state index contributed by atoms with van der Waals surface area (Å²) in [4.78, 5) is 20.5. The minimum absolute atomic E-state index is 0.194. The SMILES string of the molecule is C#Cc1ccc2[nH]cc(C(=O)CCCN3CCN(C)CC3)c2c1.Cc1ccc2oc(CN)cc2c1. The van der Waals surface area contributed by atoms with Crippen molar-refractivity contribution in [1.29, 1.82) is 0 Å². The second-order valence-corrected chi connectivity index (χ2v) is 9.24. The molecule has 3 N–H and O–H groups in total. The summed E-state index contributed by atoms with van der Waals surface area (Å²) >= 11 is 0. The summed E-state index contributed by atoms with van der Waals surface area (Å²) in [5, 5.41) is 2.07. The van der Waals surface area contributed by atoms with Gasteiger partial charge in [0, 0.05) is 66.2 Å². The number of fused-ring (bicyclic) bond motifs is 2. The number of aromatic amines is 1. The number of nitrogens with two attached hydrogens (primary N) is 1. The molecule has 0 saturated carbocycles. The predicted molar refractivity (Wildman–Crippen MR) is 143 cm³/mol. The standard InChI is InChI=1S/C19H23N3O.C10H11NO/c1-3-15-6-7-18-16(13-15)17(14-20-18)19(23)5-4-8-22-11-9-21(2)10-12-22;1-7-2-3-10-8(4-7)5-9(6-11)12-10/h1,6-7,13-14,20H,4-5,8-12H2,2H3;2-5H,6,11H2,1H3. The number of carbonyl (C=O) groups is 1. The van der Waals surface area contributed by atoms with E-state index >= 15 is 0 Å². The average Bonchev–Trinajstić information content (AvgIpc) is 3.48. The first kappa shape index (κ1) is 24.7. The Labute approximate surface area is 207 Å². The minimum Gasteiger partial charge on any atom is -0.460 e. The van der Waals surface area contributed by atoms with E-state index in [4.69, 9.17) is 16.6 Å². The molecule has 0 amide bonds. The van der Waals surface area contributed by atoms with Crippen LogP contribution in [0.1, 0.15) is 40.1 Å². The number of aromatic nitrogens is 1. The Kier molecular flexibility index (Phi) is 8.04. The Morgan fingerprint density at radius 3 is 2.69 bits per heavy atom. The highest BCUT2D eigenvalue weighted by molar-refractivity contribution is 6.08. The molecule has 2 aromatic carbocycles. The fourth-order valence-electron chi connectivity index (χ4n) is 4.43. The summed E-state index contributed by atoms with van der Waals surface area (Å²) in [6.07, 6.45) is 8.75. The Balaban J connectivity index is 0.000000201. The lowest BCUT2D eigenvalue weighted by Crippen LogP contribution is -2.44. The number of likely N-dealkylation sites (N-methyl/N-ethyl adjacent to an activating group) is 1. The quantitative estimate of drug-likeness (QED) is 0.319. The fraction of sp³-hybridized carbons (Fsp3) is 0.345. The number of hydrogen-bond acceptors (Lipinski definition) is 5. The molecule has 0 unspecified atom stereocenters. The van der Waals surface area contributed by atoms with E-state index in [-0.39, 0.29) is 5.78 Å². The first-order valence-electron chi connectivity index (χ1n) is 12.2. The summed E-state index contributed by atoms with van der Waals surface area (Å²) in [6.45, 7) is 7.96. The topological polar surface area (TPSA) is 78.5 Å². The number of nitrogens with one attached hydrogen (secondary N) is 1. The highest BCUT2D eigenvalue weighted by Crippen LogP contribution is 2.22. The number of rotatable bonds is 6. The van der Waals surface area contributed by atoms with Gasteiger partial charge in [-0.25, -0.2) is 0 Å². The van der Waals surface area contributed by atoms with Gasteiger partial charge in [-0.2, -0.15) is 0 Å². The number of terminal acetylenes is 1. The van der Waals surface area contributed by atoms with Crippen molar-refractivity contribution in [3.63, 3.8) is 0 Å². The van der Waals surface area contributed by atoms with E-state index in [1.165, 1.54) is 5.56 Å². The van der Waals surface area contributed by atoms with Gasteiger partial charge in [0.15, 0.2) is 5.78 Å². The summed E-state index contributed by atoms with van der Waals surface area (Å²) in [5.41, 5.74) is 10.2. The van der Waals surface area contributed by atoms with Gasteiger partial charge in [0.2, 0.25) is 0 Å². The van der Waals surface area contributed by atoms with E-state index in [1.54, 1.807) is 0 Å². The number of piperazine rings is 1. The molecule has 1 saturated heterocycles. The molecule has 182 valence electrons. The molecule has 1 aliphatic rings. The van der Waals surface area contributed by atoms with E-state index in [0.29, 0.717) is 13.0 Å². The fourth-order valence-corrected chi connectivity index (χ4v) is 4.43. The van der Waals surface area contributed by atoms with Gasteiger partial charge in [0.25, 0.3) is 0 Å². The van der Waals surface area contributed by atoms with Gasteiger partial charge in [-0.3, -0.25) is 4.79 Å². The zero-order valence-corrected chi connectivity index (χ0v) is 20.6. The summed E-state index contributed by atoms with van der Waals surface area (Å²) in [7, 11) is 2.16. The van der Waals surface area contributed by atoms with Crippen LogP contribution in [0.4, 0.5) is 0 Å². The molecular weight excluding hydrogens is 436 g/mol. The summed E-state index contributed by atoms with van der Waals surface area (Å²) < 4.78 is 5.45. The molecule has 4 aromatic rings. The first-order valence-corrected chi connectivity index (χ1v) is 12.2. The second-order valence-electron chi connectivity index (χ2n) is 9.24. The highest BCUT2D eigenvalue weighted by atomic mass is 16.3. The number of benzene rings is 2. The van der Waals surface area contributed by atoms with Crippen LogP contribution in [0.15, 0.2) is 53.1 Å². The summed E-state index contributed by atoms with van der Waals surface area (Å²) in [6, 6.07) is 13.8. The molecular formula is C29H34N4O2. The van der Waals surface area contributed by atoms with Gasteiger partial charge in [-0.05, 0) is 63.3 Å². The molecule has 2 aromatic heterocycles. The predicted octanol–water partition coefficient (Wildman–Crippen LogP) is 4.56. The molecule has 0 bridgehead atoms. The van der Waals surface area contributed by atoms with Gasteiger partial charge in [0.1, 0.15) is 11.3 Å². The second kappa shape index (κ2) is 11.4. The van der Waals surface area contributed by atoms with Crippen molar-refractivity contribution in [2.75, 3.05) is 39.8 Å². The number of nitrogens with zero attached hydrogens (tertiary/aromatic N) is 2. The van der Waals surface area contributed by atoms with Crippen LogP contribution < -0.4 is 5.73 Å². The number of furan rings is 1. The third-order valence-electron chi connectivity index (χ3n) is 6.55. The average molecular weight is 471 g/mol. The van der Waals surface area contributed by atoms with Gasteiger partial charge in [0.05, 0.1) is 6.54 Å². The third-order valence-corrected chi connectivity index (χ3v) is 6.55. The molecule has 35 heavy (non-hydrogen) atoms. The van der Waals surface area contributed by atoms with Crippen LogP contribution in [0.5, 0.6) is 0 Å². The minimum atomic E-state index is 0.194. The number of aryl methyl sites for hydroxylation is 1. The molecule has 0 spiro atoms. The lowest BCUT2D eigenvalue weighted by atomic mass is 10.0. The summed E-state index contributed by atoms with van der Waals surface area (Å²) in [5.74, 6) is 3.67. The van der Waals surface area contributed by atoms with E-state index in [9.17, 15) is 4.79 Å². The molecule has 1 aliphatic heterocycles. The van der Waals surface area contributed by atoms with E-state index in [2.05, 4.69) is 40.7 Å². The van der Waals surface area contributed by atoms with Gasteiger partial charge in [-0.15, -0.1) is 6.42 Å². The molecule has 5 rings (SSSR count). The van der Waals surface area contributed by atoms with Crippen LogP contribution in [0.25, 0.3) is 21.9 Å². The molecule has 0 atom stereocenters. The maximum Gasteiger partial charge on any atom is 0.165 e. The van der Waals surface area contributed by atoms with Crippen molar-refractivity contribution in [2.24, 2.45) is 5.73 Å². The molecule has 0 radical (unpaired) electrons. The van der Waals surface area contributed by atoms with Crippen molar-refractivity contribution in [1.82, 2.24) is 14.8 Å². The van der Waals surface area contributed by atoms with E-state index in [1.807, 2.05) is 42.6 Å². The van der Waals surface area contributed by atoms with Crippen molar-refractivity contribution in [3.8, 4) is 12.3 Å². The van der Waals surface area contributed by atoms with Gasteiger partial charge < -0.3 is 24.9 Å². The van der Waals surface area contributed by atoms with Gasteiger partial charge in [-0.1, -0.05) is 17.6 Å². The van der Waals surface area contributed by atoms with Crippen LogP contribution in [0, 0.1) is 19.3 Å². The Morgan fingerprint density at radius 2 is 1.94 bits per heavy atom. The molecule has 1 fully saturated rings. The Hall–Kier alpha value is -3.37. The van der Waals surface area contributed by atoms with Crippen molar-refractivity contribution in [3.05, 3.63) is 71.1 Å². The highest BCUT2D eigenvalue weighted by Gasteiger charge is 2.15. The van der Waals surface area contributed by atoms with E-state index < -0.39 is 0 Å². The normalized spacial score (nSPS) is 14.6. The number of ketones is 1. The molecule has 6 nitrogen and oxygen atoms in total.